The molecule has 0 bridgehead atoms. The average molecular weight is 536 g/mol. The maximum absolute atomic E-state index is 14.9. The smallest absolute Gasteiger partial charge is 0.274 e. The van der Waals surface area contributed by atoms with Crippen LogP contribution in [0.4, 0.5) is 16.0 Å². The van der Waals surface area contributed by atoms with E-state index in [4.69, 9.17) is 14.3 Å². The number of amides is 2. The lowest BCUT2D eigenvalue weighted by molar-refractivity contribution is -0.186. The fourth-order valence-corrected chi connectivity index (χ4v) is 4.42. The molecule has 2 amide bonds. The Labute approximate surface area is 225 Å². The Kier molecular flexibility index (Phi) is 8.40. The summed E-state index contributed by atoms with van der Waals surface area (Å²) in [6.45, 7) is 3.79. The fourth-order valence-electron chi connectivity index (χ4n) is 4.42. The van der Waals surface area contributed by atoms with E-state index in [0.29, 0.717) is 43.2 Å². The van der Waals surface area contributed by atoms with Crippen molar-refractivity contribution in [3.63, 3.8) is 0 Å². The summed E-state index contributed by atoms with van der Waals surface area (Å²) in [6, 6.07) is 12.9. The van der Waals surface area contributed by atoms with E-state index in [9.17, 15) is 14.0 Å². The van der Waals surface area contributed by atoms with Crippen molar-refractivity contribution in [1.29, 1.82) is 0 Å². The van der Waals surface area contributed by atoms with E-state index in [1.165, 1.54) is 12.1 Å². The standard InChI is InChI=1S/C28H30FN5O5/c1-18-17-34(13-15-37-18)27(36)22-10-9-21(16-23(22)29)31-28-30-12-11-24(32-28)19-5-7-20(8-6-19)26(35)33-39-25-4-2-3-14-38-25/h5-12,16,18,25H,2-4,13-15,17H2,1H3,(H,33,35)(H,30,31,32). The second-order valence-electron chi connectivity index (χ2n) is 9.44. The zero-order valence-corrected chi connectivity index (χ0v) is 21.6. The summed E-state index contributed by atoms with van der Waals surface area (Å²) in [6.07, 6.45) is 3.81. The summed E-state index contributed by atoms with van der Waals surface area (Å²) in [5, 5.41) is 2.99. The number of benzene rings is 2. The molecule has 2 N–H and O–H groups in total. The van der Waals surface area contributed by atoms with Crippen LogP contribution in [0.3, 0.4) is 0 Å². The van der Waals surface area contributed by atoms with E-state index in [0.717, 1.165) is 24.8 Å². The second kappa shape index (κ2) is 12.3. The molecular formula is C28H30FN5O5. The van der Waals surface area contributed by atoms with Crippen molar-refractivity contribution in [2.24, 2.45) is 0 Å². The zero-order chi connectivity index (χ0) is 27.2. The van der Waals surface area contributed by atoms with Gasteiger partial charge in [0.2, 0.25) is 5.95 Å². The first-order chi connectivity index (χ1) is 19.0. The summed E-state index contributed by atoms with van der Waals surface area (Å²) >= 11 is 0. The van der Waals surface area contributed by atoms with E-state index < -0.39 is 12.1 Å². The summed E-state index contributed by atoms with van der Waals surface area (Å²) in [5.41, 5.74) is 4.66. The highest BCUT2D eigenvalue weighted by molar-refractivity contribution is 5.95. The van der Waals surface area contributed by atoms with Gasteiger partial charge in [0.1, 0.15) is 5.82 Å². The lowest BCUT2D eigenvalue weighted by atomic mass is 10.1. The molecule has 2 aromatic carbocycles. The van der Waals surface area contributed by atoms with E-state index in [2.05, 4.69) is 20.8 Å². The van der Waals surface area contributed by atoms with Gasteiger partial charge in [0.25, 0.3) is 11.8 Å². The summed E-state index contributed by atoms with van der Waals surface area (Å²) in [7, 11) is 0. The van der Waals surface area contributed by atoms with Crippen LogP contribution in [0.1, 0.15) is 46.9 Å². The summed E-state index contributed by atoms with van der Waals surface area (Å²) < 4.78 is 25.8. The van der Waals surface area contributed by atoms with Crippen LogP contribution in [0.5, 0.6) is 0 Å². The maximum atomic E-state index is 14.9. The highest BCUT2D eigenvalue weighted by Gasteiger charge is 2.24. The number of morpholine rings is 1. The molecule has 0 spiro atoms. The number of ether oxygens (including phenoxy) is 2. The molecule has 0 radical (unpaired) electrons. The number of carbonyl (C=O) groups excluding carboxylic acids is 2. The van der Waals surface area contributed by atoms with E-state index in [1.54, 1.807) is 47.5 Å². The Morgan fingerprint density at radius 1 is 1.08 bits per heavy atom. The van der Waals surface area contributed by atoms with Crippen LogP contribution in [-0.4, -0.2) is 65.4 Å². The first-order valence-corrected chi connectivity index (χ1v) is 12.9. The first kappa shape index (κ1) is 26.7. The molecule has 0 saturated carbocycles. The molecule has 204 valence electrons. The van der Waals surface area contributed by atoms with Crippen molar-refractivity contribution in [2.45, 2.75) is 38.6 Å². The molecule has 2 aliphatic rings. The molecule has 0 aliphatic carbocycles. The monoisotopic (exact) mass is 535 g/mol. The van der Waals surface area contributed by atoms with Gasteiger partial charge in [-0.05, 0) is 56.2 Å². The lowest BCUT2D eigenvalue weighted by Crippen LogP contribution is -2.44. The highest BCUT2D eigenvalue weighted by Crippen LogP contribution is 2.23. The number of aromatic nitrogens is 2. The number of halogens is 1. The fraction of sp³-hybridized carbons (Fsp3) is 0.357. The van der Waals surface area contributed by atoms with Crippen molar-refractivity contribution >= 4 is 23.5 Å². The number of nitrogens with zero attached hydrogens (tertiary/aromatic N) is 3. The van der Waals surface area contributed by atoms with Crippen molar-refractivity contribution in [1.82, 2.24) is 20.3 Å². The third-order valence-electron chi connectivity index (χ3n) is 6.50. The van der Waals surface area contributed by atoms with Gasteiger partial charge in [-0.1, -0.05) is 12.1 Å². The number of rotatable bonds is 7. The molecule has 39 heavy (non-hydrogen) atoms. The second-order valence-corrected chi connectivity index (χ2v) is 9.44. The molecule has 11 heteroatoms. The Morgan fingerprint density at radius 3 is 2.67 bits per heavy atom. The molecule has 1 aromatic heterocycles. The van der Waals surface area contributed by atoms with Crippen molar-refractivity contribution in [2.75, 3.05) is 31.6 Å². The SMILES string of the molecule is CC1CN(C(=O)c2ccc(Nc3nccc(-c4ccc(C(=O)NOC5CCCCO5)cc4)n3)cc2F)CCO1. The Hall–Kier alpha value is -3.93. The average Bonchev–Trinajstić information content (AvgIpc) is 2.96. The lowest BCUT2D eigenvalue weighted by Gasteiger charge is -2.31. The number of carbonyl (C=O) groups is 2. The van der Waals surface area contributed by atoms with Crippen LogP contribution in [0.15, 0.2) is 54.7 Å². The predicted octanol–water partition coefficient (Wildman–Crippen LogP) is 4.08. The maximum Gasteiger partial charge on any atom is 0.274 e. The number of hydrogen-bond donors (Lipinski definition) is 2. The topological polar surface area (TPSA) is 115 Å². The van der Waals surface area contributed by atoms with Gasteiger partial charge in [0.15, 0.2) is 6.29 Å². The molecule has 2 saturated heterocycles. The van der Waals surface area contributed by atoms with Gasteiger partial charge < -0.3 is 19.7 Å². The molecule has 10 nitrogen and oxygen atoms in total. The van der Waals surface area contributed by atoms with Crippen LogP contribution >= 0.6 is 0 Å². The Bertz CT molecular complexity index is 1320. The Balaban J connectivity index is 1.21. The molecule has 2 unspecified atom stereocenters. The van der Waals surface area contributed by atoms with Crippen molar-refractivity contribution in [3.8, 4) is 11.3 Å². The summed E-state index contributed by atoms with van der Waals surface area (Å²) in [5.74, 6) is -1.10. The number of nitrogens with one attached hydrogen (secondary N) is 2. The van der Waals surface area contributed by atoms with Crippen LogP contribution in [-0.2, 0) is 14.3 Å². The first-order valence-electron chi connectivity index (χ1n) is 12.9. The van der Waals surface area contributed by atoms with Crippen molar-refractivity contribution < 1.29 is 28.3 Å². The molecule has 5 rings (SSSR count). The predicted molar refractivity (Wildman–Crippen MR) is 141 cm³/mol. The molecule has 2 fully saturated rings. The van der Waals surface area contributed by atoms with E-state index in [-0.39, 0.29) is 29.4 Å². The normalized spacial score (nSPS) is 19.4. The van der Waals surface area contributed by atoms with Gasteiger partial charge in [0.05, 0.1) is 24.0 Å². The van der Waals surface area contributed by atoms with E-state index in [1.807, 2.05) is 6.92 Å². The van der Waals surface area contributed by atoms with Crippen LogP contribution < -0.4 is 10.8 Å². The Morgan fingerprint density at radius 2 is 1.92 bits per heavy atom. The van der Waals surface area contributed by atoms with Gasteiger partial charge in [-0.15, -0.1) is 0 Å². The number of anilines is 2. The van der Waals surface area contributed by atoms with Crippen LogP contribution in [0.25, 0.3) is 11.3 Å². The minimum Gasteiger partial charge on any atom is -0.375 e. The van der Waals surface area contributed by atoms with Gasteiger partial charge in [-0.25, -0.2) is 24.7 Å². The minimum absolute atomic E-state index is 0.00473. The molecule has 2 atom stereocenters. The summed E-state index contributed by atoms with van der Waals surface area (Å²) in [4.78, 5) is 40.8. The largest absolute Gasteiger partial charge is 0.375 e. The van der Waals surface area contributed by atoms with Gasteiger partial charge in [0, 0.05) is 49.1 Å². The third kappa shape index (κ3) is 6.75. The molecule has 3 aromatic rings. The highest BCUT2D eigenvalue weighted by atomic mass is 19.1. The van der Waals surface area contributed by atoms with Crippen LogP contribution in [0.2, 0.25) is 0 Å². The molecule has 3 heterocycles. The van der Waals surface area contributed by atoms with Gasteiger partial charge in [-0.2, -0.15) is 0 Å². The molecular weight excluding hydrogens is 505 g/mol. The zero-order valence-electron chi connectivity index (χ0n) is 21.6. The molecule has 2 aliphatic heterocycles. The number of hydroxylamine groups is 1. The number of hydrogen-bond acceptors (Lipinski definition) is 8. The third-order valence-corrected chi connectivity index (χ3v) is 6.50. The van der Waals surface area contributed by atoms with Gasteiger partial charge in [-0.3, -0.25) is 9.59 Å². The van der Waals surface area contributed by atoms with Crippen molar-refractivity contribution in [3.05, 3.63) is 71.7 Å². The van der Waals surface area contributed by atoms with E-state index >= 15 is 0 Å². The van der Waals surface area contributed by atoms with Crippen LogP contribution in [0, 0.1) is 5.82 Å². The quantitative estimate of drug-likeness (QED) is 0.435. The minimum atomic E-state index is -0.631. The van der Waals surface area contributed by atoms with Gasteiger partial charge >= 0.3 is 0 Å².